The average molecular weight is 382 g/mol. The largest absolute Gasteiger partial charge is 0.346 e. The minimum atomic E-state index is -0.269. The maximum absolute atomic E-state index is 12.3. The number of thiazole rings is 1. The van der Waals surface area contributed by atoms with E-state index in [1.807, 2.05) is 24.4 Å². The van der Waals surface area contributed by atoms with Gasteiger partial charge in [-0.15, -0.1) is 32.9 Å². The van der Waals surface area contributed by atoms with Crippen molar-refractivity contribution in [2.24, 2.45) is 0 Å². The first-order chi connectivity index (χ1) is 12.7. The van der Waals surface area contributed by atoms with Crippen LogP contribution in [0.4, 0.5) is 0 Å². The molecule has 1 N–H and O–H groups in total. The highest BCUT2D eigenvalue weighted by Crippen LogP contribution is 2.30. The van der Waals surface area contributed by atoms with Crippen molar-refractivity contribution in [3.05, 3.63) is 64.4 Å². The molecule has 26 heavy (non-hydrogen) atoms. The van der Waals surface area contributed by atoms with Gasteiger partial charge in [-0.05, 0) is 36.6 Å². The normalized spacial score (nSPS) is 10.8. The van der Waals surface area contributed by atoms with Gasteiger partial charge in [0.1, 0.15) is 5.01 Å². The molecule has 0 unspecified atom stereocenters. The van der Waals surface area contributed by atoms with Crippen molar-refractivity contribution in [1.29, 1.82) is 0 Å². The first kappa shape index (κ1) is 16.6. The summed E-state index contributed by atoms with van der Waals surface area (Å²) in [4.78, 5) is 19.1. The van der Waals surface area contributed by atoms with E-state index in [1.54, 1.807) is 57.9 Å². The molecule has 4 heterocycles. The standard InChI is InChI=1S/C17H14N6OS2/c1-11-14(26-17(20-11)13-4-2-9-25-13)10-18-16(24)12-5-6-15(22-21-12)23-8-3-7-19-23/h2-9H,10H2,1H3,(H,18,24). The minimum Gasteiger partial charge on any atom is -0.346 e. The summed E-state index contributed by atoms with van der Waals surface area (Å²) in [7, 11) is 0. The Morgan fingerprint density at radius 2 is 2.15 bits per heavy atom. The van der Waals surface area contributed by atoms with Gasteiger partial charge in [0.2, 0.25) is 0 Å². The molecule has 0 aromatic carbocycles. The second kappa shape index (κ2) is 7.14. The predicted octanol–water partition coefficient (Wildman–Crippen LogP) is 3.09. The van der Waals surface area contributed by atoms with Crippen molar-refractivity contribution in [2.45, 2.75) is 13.5 Å². The summed E-state index contributed by atoms with van der Waals surface area (Å²) in [5, 5.41) is 18.0. The number of rotatable bonds is 5. The molecule has 0 fully saturated rings. The number of carbonyl (C=O) groups is 1. The monoisotopic (exact) mass is 382 g/mol. The smallest absolute Gasteiger partial charge is 0.272 e. The topological polar surface area (TPSA) is 85.6 Å². The van der Waals surface area contributed by atoms with Gasteiger partial charge in [0.25, 0.3) is 5.91 Å². The van der Waals surface area contributed by atoms with Crippen molar-refractivity contribution >= 4 is 28.6 Å². The number of hydrogen-bond acceptors (Lipinski definition) is 7. The van der Waals surface area contributed by atoms with Crippen LogP contribution in [0.3, 0.4) is 0 Å². The van der Waals surface area contributed by atoms with Gasteiger partial charge in [-0.1, -0.05) is 6.07 Å². The summed E-state index contributed by atoms with van der Waals surface area (Å²) in [5.74, 6) is 0.292. The van der Waals surface area contributed by atoms with Crippen LogP contribution in [0.15, 0.2) is 48.1 Å². The van der Waals surface area contributed by atoms with Gasteiger partial charge in [0.05, 0.1) is 17.1 Å². The molecule has 130 valence electrons. The van der Waals surface area contributed by atoms with E-state index < -0.39 is 0 Å². The van der Waals surface area contributed by atoms with E-state index in [-0.39, 0.29) is 11.6 Å². The zero-order chi connectivity index (χ0) is 17.9. The highest BCUT2D eigenvalue weighted by atomic mass is 32.1. The fraction of sp³-hybridized carbons (Fsp3) is 0.118. The summed E-state index contributed by atoms with van der Waals surface area (Å²) in [6.07, 6.45) is 3.42. The number of amides is 1. The Balaban J connectivity index is 1.42. The van der Waals surface area contributed by atoms with Gasteiger partial charge in [0, 0.05) is 17.3 Å². The Kier molecular flexibility index (Phi) is 4.55. The molecule has 0 spiro atoms. The molecular weight excluding hydrogens is 368 g/mol. The Morgan fingerprint density at radius 1 is 1.23 bits per heavy atom. The van der Waals surface area contributed by atoms with Crippen molar-refractivity contribution in [3.63, 3.8) is 0 Å². The van der Waals surface area contributed by atoms with Gasteiger partial charge in [-0.2, -0.15) is 5.10 Å². The zero-order valence-electron chi connectivity index (χ0n) is 13.8. The highest BCUT2D eigenvalue weighted by molar-refractivity contribution is 7.21. The summed E-state index contributed by atoms with van der Waals surface area (Å²) in [6.45, 7) is 2.37. The molecule has 0 saturated carbocycles. The second-order valence-electron chi connectivity index (χ2n) is 5.41. The van der Waals surface area contributed by atoms with Gasteiger partial charge in [-0.25, -0.2) is 9.67 Å². The van der Waals surface area contributed by atoms with Crippen LogP contribution in [0, 0.1) is 6.92 Å². The number of thiophene rings is 1. The quantitative estimate of drug-likeness (QED) is 0.573. The first-order valence-electron chi connectivity index (χ1n) is 7.83. The average Bonchev–Trinajstić information content (AvgIpc) is 3.41. The number of carbonyl (C=O) groups excluding carboxylic acids is 1. The van der Waals surface area contributed by atoms with E-state index in [0.717, 1.165) is 20.5 Å². The van der Waals surface area contributed by atoms with Crippen LogP contribution in [0.1, 0.15) is 21.1 Å². The molecule has 7 nitrogen and oxygen atoms in total. The summed E-state index contributed by atoms with van der Waals surface area (Å²) in [6, 6.07) is 9.19. The molecule has 0 saturated heterocycles. The van der Waals surface area contributed by atoms with Crippen LogP contribution in [0.25, 0.3) is 15.7 Å². The first-order valence-corrected chi connectivity index (χ1v) is 9.52. The number of aryl methyl sites for hydroxylation is 1. The van der Waals surface area contributed by atoms with Crippen molar-refractivity contribution < 1.29 is 4.79 Å². The molecule has 0 bridgehead atoms. The van der Waals surface area contributed by atoms with Gasteiger partial charge in [0.15, 0.2) is 11.5 Å². The maximum atomic E-state index is 12.3. The highest BCUT2D eigenvalue weighted by Gasteiger charge is 2.13. The third-order valence-corrected chi connectivity index (χ3v) is 5.85. The Labute approximate surface area is 157 Å². The molecule has 1 amide bonds. The van der Waals surface area contributed by atoms with E-state index in [9.17, 15) is 4.79 Å². The van der Waals surface area contributed by atoms with Crippen LogP contribution in [-0.4, -0.2) is 30.9 Å². The number of aromatic nitrogens is 5. The third kappa shape index (κ3) is 3.39. The third-order valence-electron chi connectivity index (χ3n) is 3.66. The van der Waals surface area contributed by atoms with E-state index >= 15 is 0 Å². The zero-order valence-corrected chi connectivity index (χ0v) is 15.4. The van der Waals surface area contributed by atoms with Gasteiger partial charge < -0.3 is 5.32 Å². The molecule has 0 radical (unpaired) electrons. The van der Waals surface area contributed by atoms with Crippen LogP contribution < -0.4 is 5.32 Å². The Hall–Kier alpha value is -2.91. The van der Waals surface area contributed by atoms with E-state index in [4.69, 9.17) is 0 Å². The van der Waals surface area contributed by atoms with Crippen molar-refractivity contribution in [3.8, 4) is 15.7 Å². The lowest BCUT2D eigenvalue weighted by molar-refractivity contribution is 0.0945. The predicted molar refractivity (Wildman–Crippen MR) is 100 cm³/mol. The molecule has 9 heteroatoms. The minimum absolute atomic E-state index is 0.265. The van der Waals surface area contributed by atoms with E-state index in [0.29, 0.717) is 12.4 Å². The summed E-state index contributed by atoms with van der Waals surface area (Å²) < 4.78 is 1.58. The molecular formula is C17H14N6OS2. The Bertz CT molecular complexity index is 1010. The summed E-state index contributed by atoms with van der Waals surface area (Å²) >= 11 is 3.25. The molecule has 4 rings (SSSR count). The Morgan fingerprint density at radius 3 is 2.85 bits per heavy atom. The van der Waals surface area contributed by atoms with Crippen LogP contribution in [0.5, 0.6) is 0 Å². The molecule has 0 atom stereocenters. The fourth-order valence-electron chi connectivity index (χ4n) is 2.32. The van der Waals surface area contributed by atoms with Gasteiger partial charge in [-0.3, -0.25) is 4.79 Å². The van der Waals surface area contributed by atoms with E-state index in [2.05, 4.69) is 25.6 Å². The van der Waals surface area contributed by atoms with Crippen molar-refractivity contribution in [2.75, 3.05) is 0 Å². The number of nitrogens with one attached hydrogen (secondary N) is 1. The molecule has 4 aromatic heterocycles. The lowest BCUT2D eigenvalue weighted by Gasteiger charge is -2.04. The number of nitrogens with zero attached hydrogens (tertiary/aromatic N) is 5. The lowest BCUT2D eigenvalue weighted by atomic mass is 10.3. The van der Waals surface area contributed by atoms with Crippen molar-refractivity contribution in [1.82, 2.24) is 30.3 Å². The van der Waals surface area contributed by atoms with Crippen LogP contribution >= 0.6 is 22.7 Å². The van der Waals surface area contributed by atoms with Crippen LogP contribution in [-0.2, 0) is 6.54 Å². The molecule has 0 aliphatic heterocycles. The number of hydrogen-bond donors (Lipinski definition) is 1. The van der Waals surface area contributed by atoms with E-state index in [1.165, 1.54) is 0 Å². The molecule has 4 aromatic rings. The maximum Gasteiger partial charge on any atom is 0.272 e. The van der Waals surface area contributed by atoms with Crippen LogP contribution in [0.2, 0.25) is 0 Å². The SMILES string of the molecule is Cc1nc(-c2cccs2)sc1CNC(=O)c1ccc(-n2cccn2)nn1. The lowest BCUT2D eigenvalue weighted by Crippen LogP contribution is -2.24. The summed E-state index contributed by atoms with van der Waals surface area (Å²) in [5.41, 5.74) is 1.19. The molecule has 0 aliphatic rings. The van der Waals surface area contributed by atoms with Gasteiger partial charge >= 0.3 is 0 Å². The second-order valence-corrected chi connectivity index (χ2v) is 7.45. The molecule has 0 aliphatic carbocycles. The fourth-order valence-corrected chi connectivity index (χ4v) is 4.12.